The van der Waals surface area contributed by atoms with Gasteiger partial charge < -0.3 is 9.14 Å². The highest BCUT2D eigenvalue weighted by Crippen LogP contribution is 2.19. The van der Waals surface area contributed by atoms with Gasteiger partial charge >= 0.3 is 0 Å². The molecule has 0 aliphatic heterocycles. The fraction of sp³-hybridized carbons (Fsp3) is 0.0667. The molecule has 4 heteroatoms. The van der Waals surface area contributed by atoms with Gasteiger partial charge in [0, 0.05) is 18.5 Å². The zero-order valence-electron chi connectivity index (χ0n) is 10.5. The second-order valence-electron chi connectivity index (χ2n) is 4.09. The summed E-state index contributed by atoms with van der Waals surface area (Å²) < 4.78 is 7.13. The number of benzene rings is 1. The molecule has 0 saturated heterocycles. The molecular formula is C15H13N3O. The van der Waals surface area contributed by atoms with Gasteiger partial charge in [-0.3, -0.25) is 4.99 Å². The summed E-state index contributed by atoms with van der Waals surface area (Å²) in [4.78, 5) is 8.85. The smallest absolute Gasteiger partial charge is 0.137 e. The lowest BCUT2D eigenvalue weighted by atomic mass is 10.3. The van der Waals surface area contributed by atoms with E-state index in [9.17, 15) is 0 Å². The highest BCUT2D eigenvalue weighted by atomic mass is 16.5. The average Bonchev–Trinajstić information content (AvgIpc) is 2.88. The van der Waals surface area contributed by atoms with Crippen molar-refractivity contribution in [3.63, 3.8) is 0 Å². The number of methoxy groups -OCH3 is 1. The molecule has 0 saturated carbocycles. The maximum atomic E-state index is 5.16. The van der Waals surface area contributed by atoms with Crippen LogP contribution in [0.3, 0.4) is 0 Å². The van der Waals surface area contributed by atoms with Crippen molar-refractivity contribution in [2.75, 3.05) is 7.11 Å². The predicted molar refractivity (Wildman–Crippen MR) is 75.4 cm³/mol. The van der Waals surface area contributed by atoms with Crippen molar-refractivity contribution in [3.05, 3.63) is 60.6 Å². The lowest BCUT2D eigenvalue weighted by Gasteiger charge is -1.98. The molecule has 0 N–H and O–H groups in total. The molecule has 0 aliphatic rings. The first-order valence-electron chi connectivity index (χ1n) is 5.97. The monoisotopic (exact) mass is 251 g/mol. The first-order chi connectivity index (χ1) is 9.35. The molecule has 0 radical (unpaired) electrons. The summed E-state index contributed by atoms with van der Waals surface area (Å²) in [7, 11) is 1.64. The van der Waals surface area contributed by atoms with Crippen molar-refractivity contribution in [2.45, 2.75) is 0 Å². The maximum absolute atomic E-state index is 5.16. The number of ether oxygens (including phenoxy) is 1. The average molecular weight is 251 g/mol. The van der Waals surface area contributed by atoms with Crippen molar-refractivity contribution in [3.8, 4) is 5.75 Å². The van der Waals surface area contributed by atoms with E-state index in [0.717, 1.165) is 22.8 Å². The number of fused-ring (bicyclic) bond motifs is 1. The lowest BCUT2D eigenvalue weighted by Crippen LogP contribution is -1.82. The molecular weight excluding hydrogens is 238 g/mol. The SMILES string of the molecule is COc1cccc(N=Cc2cn3ccccc3n2)c1. The standard InChI is InChI=1S/C15H13N3O/c1-19-14-6-4-5-12(9-14)16-10-13-11-18-8-3-2-7-15(18)17-13/h2-11H,1H3. The number of hydrogen-bond acceptors (Lipinski definition) is 3. The first-order valence-corrected chi connectivity index (χ1v) is 5.97. The van der Waals surface area contributed by atoms with Crippen molar-refractivity contribution in [1.82, 2.24) is 9.38 Å². The van der Waals surface area contributed by atoms with Crippen LogP contribution in [0.15, 0.2) is 59.9 Å². The van der Waals surface area contributed by atoms with Crippen LogP contribution in [0.25, 0.3) is 5.65 Å². The normalized spacial score (nSPS) is 11.2. The Labute approximate surface area is 111 Å². The molecule has 0 amide bonds. The van der Waals surface area contributed by atoms with Gasteiger partial charge in [0.05, 0.1) is 19.0 Å². The fourth-order valence-electron chi connectivity index (χ4n) is 1.85. The molecule has 19 heavy (non-hydrogen) atoms. The topological polar surface area (TPSA) is 38.9 Å². The van der Waals surface area contributed by atoms with E-state index < -0.39 is 0 Å². The Morgan fingerprint density at radius 2 is 2.16 bits per heavy atom. The molecule has 2 heterocycles. The summed E-state index contributed by atoms with van der Waals surface area (Å²) in [5, 5.41) is 0. The largest absolute Gasteiger partial charge is 0.497 e. The van der Waals surface area contributed by atoms with E-state index in [4.69, 9.17) is 4.74 Å². The molecule has 4 nitrogen and oxygen atoms in total. The lowest BCUT2D eigenvalue weighted by molar-refractivity contribution is 0.415. The summed E-state index contributed by atoms with van der Waals surface area (Å²) in [5.41, 5.74) is 2.58. The van der Waals surface area contributed by atoms with E-state index in [1.165, 1.54) is 0 Å². The number of aliphatic imine (C=N–C) groups is 1. The van der Waals surface area contributed by atoms with Crippen molar-refractivity contribution in [1.29, 1.82) is 0 Å². The summed E-state index contributed by atoms with van der Waals surface area (Å²) in [6, 6.07) is 13.5. The van der Waals surface area contributed by atoms with Crippen molar-refractivity contribution in [2.24, 2.45) is 4.99 Å². The van der Waals surface area contributed by atoms with Crippen LogP contribution in [0.4, 0.5) is 5.69 Å². The molecule has 1 aromatic carbocycles. The summed E-state index contributed by atoms with van der Waals surface area (Å²) in [6.45, 7) is 0. The number of imidazole rings is 1. The first kappa shape index (κ1) is 11.5. The Hall–Kier alpha value is -2.62. The van der Waals surface area contributed by atoms with Crippen LogP contribution < -0.4 is 4.74 Å². The van der Waals surface area contributed by atoms with E-state index >= 15 is 0 Å². The highest BCUT2D eigenvalue weighted by molar-refractivity contribution is 5.80. The molecule has 0 aliphatic carbocycles. The Morgan fingerprint density at radius 1 is 1.21 bits per heavy atom. The Kier molecular flexibility index (Phi) is 2.98. The minimum Gasteiger partial charge on any atom is -0.497 e. The van der Waals surface area contributed by atoms with Gasteiger partial charge in [-0.05, 0) is 24.3 Å². The summed E-state index contributed by atoms with van der Waals surface area (Å²) in [6.07, 6.45) is 5.66. The Bertz CT molecular complexity index is 698. The Balaban J connectivity index is 1.88. The predicted octanol–water partition coefficient (Wildman–Crippen LogP) is 3.09. The van der Waals surface area contributed by atoms with E-state index in [2.05, 4.69) is 9.98 Å². The fourth-order valence-corrected chi connectivity index (χ4v) is 1.85. The summed E-state index contributed by atoms with van der Waals surface area (Å²) in [5.74, 6) is 0.796. The molecule has 2 aromatic heterocycles. The van der Waals surface area contributed by atoms with Crippen LogP contribution in [0.2, 0.25) is 0 Å². The van der Waals surface area contributed by atoms with Gasteiger partial charge in [-0.2, -0.15) is 0 Å². The maximum Gasteiger partial charge on any atom is 0.137 e. The van der Waals surface area contributed by atoms with Crippen molar-refractivity contribution < 1.29 is 4.74 Å². The van der Waals surface area contributed by atoms with E-state index in [0.29, 0.717) is 0 Å². The van der Waals surface area contributed by atoms with Crippen LogP contribution in [0.5, 0.6) is 5.75 Å². The van der Waals surface area contributed by atoms with Gasteiger partial charge in [0.1, 0.15) is 17.1 Å². The van der Waals surface area contributed by atoms with Gasteiger partial charge in [-0.25, -0.2) is 4.98 Å². The molecule has 0 bridgehead atoms. The molecule has 3 aromatic rings. The minimum atomic E-state index is 0.796. The zero-order chi connectivity index (χ0) is 13.1. The van der Waals surface area contributed by atoms with E-state index in [1.807, 2.05) is 59.3 Å². The molecule has 0 spiro atoms. The van der Waals surface area contributed by atoms with E-state index in [1.54, 1.807) is 13.3 Å². The van der Waals surface area contributed by atoms with Crippen LogP contribution in [0.1, 0.15) is 5.69 Å². The Morgan fingerprint density at radius 3 is 3.00 bits per heavy atom. The summed E-state index contributed by atoms with van der Waals surface area (Å²) >= 11 is 0. The van der Waals surface area contributed by atoms with E-state index in [-0.39, 0.29) is 0 Å². The number of hydrogen-bond donors (Lipinski definition) is 0. The quantitative estimate of drug-likeness (QED) is 0.671. The number of aromatic nitrogens is 2. The van der Waals surface area contributed by atoms with Gasteiger partial charge in [0.25, 0.3) is 0 Å². The van der Waals surface area contributed by atoms with Gasteiger partial charge in [0.15, 0.2) is 0 Å². The third-order valence-electron chi connectivity index (χ3n) is 2.78. The number of pyridine rings is 1. The van der Waals surface area contributed by atoms with Crippen LogP contribution in [-0.2, 0) is 0 Å². The zero-order valence-corrected chi connectivity index (χ0v) is 10.5. The second-order valence-corrected chi connectivity index (χ2v) is 4.09. The van der Waals surface area contributed by atoms with Crippen LogP contribution in [0, 0.1) is 0 Å². The van der Waals surface area contributed by atoms with Crippen LogP contribution >= 0.6 is 0 Å². The van der Waals surface area contributed by atoms with Crippen molar-refractivity contribution >= 4 is 17.5 Å². The van der Waals surface area contributed by atoms with Crippen LogP contribution in [-0.4, -0.2) is 22.7 Å². The highest BCUT2D eigenvalue weighted by Gasteiger charge is 1.98. The minimum absolute atomic E-state index is 0.796. The molecule has 0 unspecified atom stereocenters. The van der Waals surface area contributed by atoms with Gasteiger partial charge in [-0.15, -0.1) is 0 Å². The second kappa shape index (κ2) is 4.94. The molecule has 3 rings (SSSR count). The molecule has 0 atom stereocenters. The number of nitrogens with zero attached hydrogens (tertiary/aromatic N) is 3. The van der Waals surface area contributed by atoms with Gasteiger partial charge in [0.2, 0.25) is 0 Å². The molecule has 0 fully saturated rings. The number of rotatable bonds is 3. The molecule has 94 valence electrons. The third kappa shape index (κ3) is 2.47. The third-order valence-corrected chi connectivity index (χ3v) is 2.78. The van der Waals surface area contributed by atoms with Gasteiger partial charge in [-0.1, -0.05) is 12.1 Å².